The molecule has 1 aromatic rings. The van der Waals surface area contributed by atoms with E-state index in [-0.39, 0.29) is 19.1 Å². The minimum atomic E-state index is -1.10. The van der Waals surface area contributed by atoms with Gasteiger partial charge in [0, 0.05) is 7.05 Å². The monoisotopic (exact) mass is 244 g/mol. The second-order valence-corrected chi connectivity index (χ2v) is 4.66. The molecule has 0 N–H and O–H groups in total. The zero-order valence-corrected chi connectivity index (χ0v) is 9.96. The number of thiazole rings is 1. The quantitative estimate of drug-likeness (QED) is 0.786. The van der Waals surface area contributed by atoms with E-state index in [2.05, 4.69) is 4.98 Å². The summed E-state index contributed by atoms with van der Waals surface area (Å²) in [6.45, 7) is 2.11. The summed E-state index contributed by atoms with van der Waals surface area (Å²) in [4.78, 5) is 18.0. The van der Waals surface area contributed by atoms with Crippen molar-refractivity contribution in [3.63, 3.8) is 0 Å². The van der Waals surface area contributed by atoms with Crippen molar-refractivity contribution < 1.29 is 13.9 Å². The van der Waals surface area contributed by atoms with Gasteiger partial charge in [0.25, 0.3) is 5.91 Å². The van der Waals surface area contributed by atoms with Gasteiger partial charge < -0.3 is 9.64 Å². The maximum absolute atomic E-state index is 13.4. The van der Waals surface area contributed by atoms with Gasteiger partial charge in [-0.1, -0.05) is 0 Å². The lowest BCUT2D eigenvalue weighted by molar-refractivity contribution is 0.0676. The average molecular weight is 244 g/mol. The number of rotatable bonds is 2. The van der Waals surface area contributed by atoms with Gasteiger partial charge in [0.2, 0.25) is 0 Å². The van der Waals surface area contributed by atoms with Crippen LogP contribution in [0, 0.1) is 6.92 Å². The fourth-order valence-corrected chi connectivity index (χ4v) is 2.47. The Hall–Kier alpha value is -1.01. The lowest BCUT2D eigenvalue weighted by atomic mass is 10.2. The van der Waals surface area contributed by atoms with Crippen LogP contribution < -0.4 is 0 Å². The number of aromatic nitrogens is 1. The summed E-state index contributed by atoms with van der Waals surface area (Å²) in [5.41, 5.74) is 2.31. The van der Waals surface area contributed by atoms with E-state index in [1.54, 1.807) is 19.5 Å². The van der Waals surface area contributed by atoms with Gasteiger partial charge in [-0.25, -0.2) is 9.37 Å². The van der Waals surface area contributed by atoms with E-state index in [9.17, 15) is 9.18 Å². The highest BCUT2D eigenvalue weighted by molar-refractivity contribution is 7.11. The van der Waals surface area contributed by atoms with E-state index in [0.717, 1.165) is 0 Å². The van der Waals surface area contributed by atoms with E-state index < -0.39 is 12.2 Å². The van der Waals surface area contributed by atoms with Crippen molar-refractivity contribution in [3.8, 4) is 0 Å². The molecule has 0 radical (unpaired) electrons. The van der Waals surface area contributed by atoms with Gasteiger partial charge >= 0.3 is 0 Å². The summed E-state index contributed by atoms with van der Waals surface area (Å²) in [7, 11) is 1.60. The highest BCUT2D eigenvalue weighted by atomic mass is 32.1. The van der Waals surface area contributed by atoms with Crippen molar-refractivity contribution >= 4 is 17.2 Å². The second kappa shape index (κ2) is 4.47. The Morgan fingerprint density at radius 1 is 1.69 bits per heavy atom. The van der Waals surface area contributed by atoms with E-state index in [1.807, 2.05) is 0 Å². The Kier molecular flexibility index (Phi) is 3.20. The number of hydrogen-bond donors (Lipinski definition) is 0. The average Bonchev–Trinajstić information content (AvgIpc) is 2.85. The van der Waals surface area contributed by atoms with Crippen molar-refractivity contribution in [2.75, 3.05) is 20.3 Å². The zero-order chi connectivity index (χ0) is 11.7. The number of nitrogens with zero attached hydrogens (tertiary/aromatic N) is 2. The normalized spacial score (nSPS) is 24.7. The van der Waals surface area contributed by atoms with Gasteiger partial charge in [-0.15, -0.1) is 11.3 Å². The lowest BCUT2D eigenvalue weighted by Gasteiger charge is -2.24. The molecule has 0 bridgehead atoms. The van der Waals surface area contributed by atoms with Crippen LogP contribution in [0.15, 0.2) is 5.51 Å². The van der Waals surface area contributed by atoms with Crippen LogP contribution in [0.3, 0.4) is 0 Å². The topological polar surface area (TPSA) is 42.4 Å². The molecule has 2 atom stereocenters. The molecule has 6 heteroatoms. The number of halogens is 1. The SMILES string of the molecule is Cc1ncsc1C(=O)N(C)C1COCC1F. The molecule has 4 nitrogen and oxygen atoms in total. The molecule has 0 spiro atoms. The van der Waals surface area contributed by atoms with Crippen molar-refractivity contribution in [3.05, 3.63) is 16.1 Å². The largest absolute Gasteiger partial charge is 0.376 e. The predicted octanol–water partition coefficient (Wildman–Crippen LogP) is 1.26. The van der Waals surface area contributed by atoms with Crippen molar-refractivity contribution in [1.29, 1.82) is 0 Å². The molecule has 16 heavy (non-hydrogen) atoms. The van der Waals surface area contributed by atoms with Gasteiger partial charge in [-0.3, -0.25) is 4.79 Å². The Morgan fingerprint density at radius 2 is 2.44 bits per heavy atom. The highest BCUT2D eigenvalue weighted by Gasteiger charge is 2.34. The fourth-order valence-electron chi connectivity index (χ4n) is 1.69. The smallest absolute Gasteiger partial charge is 0.266 e. The summed E-state index contributed by atoms with van der Waals surface area (Å²) >= 11 is 1.28. The first kappa shape index (κ1) is 11.5. The first-order valence-corrected chi connectivity index (χ1v) is 5.88. The highest BCUT2D eigenvalue weighted by Crippen LogP contribution is 2.20. The second-order valence-electron chi connectivity index (χ2n) is 3.80. The lowest BCUT2D eigenvalue weighted by Crippen LogP contribution is -2.42. The molecule has 2 unspecified atom stereocenters. The molecular formula is C10H13FN2O2S. The molecular weight excluding hydrogens is 231 g/mol. The van der Waals surface area contributed by atoms with Gasteiger partial charge in [-0.05, 0) is 6.92 Å². The molecule has 0 saturated carbocycles. The maximum atomic E-state index is 13.4. The molecule has 2 rings (SSSR count). The van der Waals surface area contributed by atoms with Crippen LogP contribution in [0.1, 0.15) is 15.4 Å². The van der Waals surface area contributed by atoms with Gasteiger partial charge in [0.1, 0.15) is 11.0 Å². The molecule has 1 saturated heterocycles. The molecule has 2 heterocycles. The van der Waals surface area contributed by atoms with Crippen LogP contribution in [-0.2, 0) is 4.74 Å². The molecule has 1 aliphatic heterocycles. The molecule has 88 valence electrons. The first-order chi connectivity index (χ1) is 7.61. The number of carbonyl (C=O) groups excluding carboxylic acids is 1. The summed E-state index contributed by atoms with van der Waals surface area (Å²) in [5, 5.41) is 0. The Bertz CT molecular complexity index is 396. The molecule has 1 fully saturated rings. The van der Waals surface area contributed by atoms with Crippen molar-refractivity contribution in [2.45, 2.75) is 19.1 Å². The number of hydrogen-bond acceptors (Lipinski definition) is 4. The summed E-state index contributed by atoms with van der Waals surface area (Å²) in [6.07, 6.45) is -1.10. The summed E-state index contributed by atoms with van der Waals surface area (Å²) < 4.78 is 18.4. The van der Waals surface area contributed by atoms with Crippen LogP contribution in [0.25, 0.3) is 0 Å². The molecule has 0 aromatic carbocycles. The maximum Gasteiger partial charge on any atom is 0.266 e. The Labute approximate surface area is 97.0 Å². The van der Waals surface area contributed by atoms with E-state index >= 15 is 0 Å². The summed E-state index contributed by atoms with van der Waals surface area (Å²) in [5.74, 6) is -0.182. The molecule has 1 amide bonds. The van der Waals surface area contributed by atoms with Crippen LogP contribution in [-0.4, -0.2) is 48.3 Å². The number of alkyl halides is 1. The molecule has 1 aliphatic rings. The van der Waals surface area contributed by atoms with E-state index in [4.69, 9.17) is 4.74 Å². The number of carbonyl (C=O) groups is 1. The predicted molar refractivity (Wildman–Crippen MR) is 58.4 cm³/mol. The zero-order valence-electron chi connectivity index (χ0n) is 9.14. The van der Waals surface area contributed by atoms with E-state index in [1.165, 1.54) is 16.2 Å². The van der Waals surface area contributed by atoms with E-state index in [0.29, 0.717) is 10.6 Å². The number of ether oxygens (including phenoxy) is 1. The van der Waals surface area contributed by atoms with Crippen LogP contribution in [0.2, 0.25) is 0 Å². The number of aryl methyl sites for hydroxylation is 1. The third-order valence-electron chi connectivity index (χ3n) is 2.74. The van der Waals surface area contributed by atoms with Gasteiger partial charge in [-0.2, -0.15) is 0 Å². The molecule has 1 aromatic heterocycles. The van der Waals surface area contributed by atoms with Gasteiger partial charge in [0.05, 0.1) is 30.5 Å². The number of amides is 1. The third kappa shape index (κ3) is 1.94. The standard InChI is InChI=1S/C10H13FN2O2S/c1-6-9(16-5-12-6)10(14)13(2)8-4-15-3-7(8)11/h5,7-8H,3-4H2,1-2H3. The third-order valence-corrected chi connectivity index (χ3v) is 3.66. The Morgan fingerprint density at radius 3 is 2.94 bits per heavy atom. The Balaban J connectivity index is 2.13. The van der Waals surface area contributed by atoms with Crippen molar-refractivity contribution in [2.24, 2.45) is 0 Å². The van der Waals surface area contributed by atoms with Crippen molar-refractivity contribution in [1.82, 2.24) is 9.88 Å². The van der Waals surface area contributed by atoms with Crippen LogP contribution in [0.5, 0.6) is 0 Å². The first-order valence-electron chi connectivity index (χ1n) is 5.00. The molecule has 0 aliphatic carbocycles. The minimum Gasteiger partial charge on any atom is -0.376 e. The summed E-state index contributed by atoms with van der Waals surface area (Å²) in [6, 6.07) is -0.478. The van der Waals surface area contributed by atoms with Crippen LogP contribution in [0.4, 0.5) is 4.39 Å². The fraction of sp³-hybridized carbons (Fsp3) is 0.600. The van der Waals surface area contributed by atoms with Gasteiger partial charge in [0.15, 0.2) is 0 Å². The van der Waals surface area contributed by atoms with Crippen LogP contribution >= 0.6 is 11.3 Å². The minimum absolute atomic E-state index is 0.0734. The number of likely N-dealkylation sites (N-methyl/N-ethyl adjacent to an activating group) is 1.